The number of carbonyl (C=O) groups excluding carboxylic acids is 2. The summed E-state index contributed by atoms with van der Waals surface area (Å²) in [6.07, 6.45) is -2.51. The maximum absolute atomic E-state index is 12.7. The first-order valence-corrected chi connectivity index (χ1v) is 11.2. The third-order valence-corrected chi connectivity index (χ3v) is 5.25. The molecule has 0 saturated carbocycles. The Morgan fingerprint density at radius 3 is 2.67 bits per heavy atom. The number of hydrogen-bond acceptors (Lipinski definition) is 9. The summed E-state index contributed by atoms with van der Waals surface area (Å²) >= 11 is 0. The molecular weight excluding hydrogens is 485 g/mol. The number of alkyl halides is 3. The fraction of sp³-hybridized carbons (Fsp3) is 0.500. The summed E-state index contributed by atoms with van der Waals surface area (Å²) < 4.78 is 42.6. The molecule has 0 aromatic carbocycles. The van der Waals surface area contributed by atoms with Gasteiger partial charge >= 0.3 is 6.18 Å². The van der Waals surface area contributed by atoms with Crippen LogP contribution >= 0.6 is 0 Å². The molecule has 196 valence electrons. The molecule has 3 heterocycles. The number of pyridine rings is 1. The Morgan fingerprint density at radius 2 is 2.06 bits per heavy atom. The number of nitrogens with one attached hydrogen (secondary N) is 2. The largest absolute Gasteiger partial charge is 0.474 e. The Hall–Kier alpha value is -3.52. The molecule has 4 N–H and O–H groups in total. The minimum Gasteiger partial charge on any atom is -0.474 e. The van der Waals surface area contributed by atoms with Crippen LogP contribution in [0.5, 0.6) is 5.88 Å². The van der Waals surface area contributed by atoms with Crippen LogP contribution in [-0.4, -0.2) is 82.1 Å². The van der Waals surface area contributed by atoms with Gasteiger partial charge in [-0.1, -0.05) is 6.92 Å². The second kappa shape index (κ2) is 11.9. The molecule has 2 unspecified atom stereocenters. The van der Waals surface area contributed by atoms with Crippen LogP contribution in [0.25, 0.3) is 0 Å². The highest BCUT2D eigenvalue weighted by molar-refractivity contribution is 5.94. The van der Waals surface area contributed by atoms with Gasteiger partial charge in [0.1, 0.15) is 24.9 Å². The van der Waals surface area contributed by atoms with Crippen LogP contribution in [-0.2, 0) is 11.2 Å². The van der Waals surface area contributed by atoms with Crippen molar-refractivity contribution in [2.45, 2.75) is 32.0 Å². The van der Waals surface area contributed by atoms with Gasteiger partial charge < -0.3 is 30.5 Å². The highest BCUT2D eigenvalue weighted by Crippen LogP contribution is 2.27. The summed E-state index contributed by atoms with van der Waals surface area (Å²) in [4.78, 5) is 39.1. The monoisotopic (exact) mass is 512 g/mol. The van der Waals surface area contributed by atoms with E-state index in [2.05, 4.69) is 27.2 Å². The van der Waals surface area contributed by atoms with E-state index in [-0.39, 0.29) is 36.1 Å². The first-order chi connectivity index (χ1) is 17.0. The van der Waals surface area contributed by atoms with Crippen molar-refractivity contribution < 1.29 is 37.7 Å². The van der Waals surface area contributed by atoms with Gasteiger partial charge in [0.25, 0.3) is 5.91 Å². The Labute approximate surface area is 204 Å². The van der Waals surface area contributed by atoms with Crippen molar-refractivity contribution in [3.8, 4) is 5.88 Å². The maximum Gasteiger partial charge on any atom is 0.405 e. The second-order valence-electron chi connectivity index (χ2n) is 8.41. The smallest absolute Gasteiger partial charge is 0.405 e. The Kier molecular flexibility index (Phi) is 8.98. The number of aromatic nitrogens is 3. The van der Waals surface area contributed by atoms with E-state index in [4.69, 9.17) is 9.84 Å². The predicted octanol–water partition coefficient (Wildman–Crippen LogP) is 0.923. The van der Waals surface area contributed by atoms with Gasteiger partial charge in [0, 0.05) is 13.1 Å². The molecule has 1 fully saturated rings. The molecule has 3 rings (SSSR count). The molecule has 2 aromatic heterocycles. The van der Waals surface area contributed by atoms with Crippen LogP contribution in [0.15, 0.2) is 24.5 Å². The molecule has 0 radical (unpaired) electrons. The van der Waals surface area contributed by atoms with Gasteiger partial charge in [0.05, 0.1) is 36.8 Å². The van der Waals surface area contributed by atoms with Gasteiger partial charge in [-0.2, -0.15) is 13.2 Å². The van der Waals surface area contributed by atoms with Gasteiger partial charge in [-0.05, 0) is 24.5 Å². The lowest BCUT2D eigenvalue weighted by Crippen LogP contribution is -2.34. The van der Waals surface area contributed by atoms with Crippen molar-refractivity contribution in [2.75, 3.05) is 43.1 Å². The van der Waals surface area contributed by atoms with E-state index in [1.807, 2.05) is 4.90 Å². The van der Waals surface area contributed by atoms with Crippen molar-refractivity contribution in [1.29, 1.82) is 0 Å². The van der Waals surface area contributed by atoms with Crippen LogP contribution in [0, 0.1) is 5.92 Å². The number of hydrogen-bond donors (Lipinski definition) is 4. The lowest BCUT2D eigenvalue weighted by Gasteiger charge is -2.21. The SMILES string of the molecule is CC1CCN(c2ccc(C(=O)NCC(F)(F)F)nc2CC(=O)Nc2cnc(OCC(O)CO)cn2)C1. The van der Waals surface area contributed by atoms with E-state index in [1.165, 1.54) is 18.5 Å². The molecule has 36 heavy (non-hydrogen) atoms. The molecule has 1 aliphatic rings. The minimum absolute atomic E-state index is 0.0742. The quantitative estimate of drug-likeness (QED) is 0.365. The highest BCUT2D eigenvalue weighted by atomic mass is 19.4. The van der Waals surface area contributed by atoms with Crippen LogP contribution < -0.4 is 20.3 Å². The third-order valence-electron chi connectivity index (χ3n) is 5.25. The molecule has 0 aliphatic carbocycles. The van der Waals surface area contributed by atoms with Crippen molar-refractivity contribution >= 4 is 23.3 Å². The highest BCUT2D eigenvalue weighted by Gasteiger charge is 2.29. The van der Waals surface area contributed by atoms with E-state index in [1.54, 1.807) is 11.4 Å². The van der Waals surface area contributed by atoms with Crippen molar-refractivity contribution in [1.82, 2.24) is 20.3 Å². The zero-order chi connectivity index (χ0) is 26.3. The Balaban J connectivity index is 1.71. The number of aliphatic hydroxyl groups is 2. The van der Waals surface area contributed by atoms with Crippen LogP contribution in [0.1, 0.15) is 29.5 Å². The van der Waals surface area contributed by atoms with Crippen LogP contribution in [0.4, 0.5) is 24.7 Å². The summed E-state index contributed by atoms with van der Waals surface area (Å²) in [6, 6.07) is 2.92. The minimum atomic E-state index is -4.57. The van der Waals surface area contributed by atoms with E-state index < -0.39 is 37.2 Å². The second-order valence-corrected chi connectivity index (χ2v) is 8.41. The number of ether oxygens (including phenoxy) is 1. The molecule has 0 spiro atoms. The average Bonchev–Trinajstić information content (AvgIpc) is 3.27. The summed E-state index contributed by atoms with van der Waals surface area (Å²) in [6.45, 7) is 1.36. The standard InChI is InChI=1S/C22H27F3N6O5/c1-13-4-5-31(9-13)17-3-2-15(21(35)28-12-22(23,24)25)29-16(17)6-19(34)30-18-7-27-20(8-26-18)36-11-14(33)10-32/h2-3,7-8,13-14,32-33H,4-6,9-12H2,1H3,(H,28,35)(H,26,30,34). The Bertz CT molecular complexity index is 1050. The number of halogens is 3. The maximum atomic E-state index is 12.7. The molecule has 1 aliphatic heterocycles. The fourth-order valence-electron chi connectivity index (χ4n) is 3.49. The Morgan fingerprint density at radius 1 is 1.28 bits per heavy atom. The van der Waals surface area contributed by atoms with Gasteiger partial charge in [-0.15, -0.1) is 0 Å². The zero-order valence-electron chi connectivity index (χ0n) is 19.5. The number of carbonyl (C=O) groups is 2. The van der Waals surface area contributed by atoms with Gasteiger partial charge in [-0.25, -0.2) is 15.0 Å². The van der Waals surface area contributed by atoms with Crippen LogP contribution in [0.2, 0.25) is 0 Å². The average molecular weight is 512 g/mol. The van der Waals surface area contributed by atoms with E-state index in [0.29, 0.717) is 18.2 Å². The molecule has 2 amide bonds. The fourth-order valence-corrected chi connectivity index (χ4v) is 3.49. The zero-order valence-corrected chi connectivity index (χ0v) is 19.5. The number of nitrogens with zero attached hydrogens (tertiary/aromatic N) is 4. The number of anilines is 2. The van der Waals surface area contributed by atoms with Crippen molar-refractivity contribution in [3.63, 3.8) is 0 Å². The van der Waals surface area contributed by atoms with E-state index in [0.717, 1.165) is 13.0 Å². The predicted molar refractivity (Wildman–Crippen MR) is 122 cm³/mol. The summed E-state index contributed by atoms with van der Waals surface area (Å²) in [5.41, 5.74) is 0.635. The van der Waals surface area contributed by atoms with Crippen LogP contribution in [0.3, 0.4) is 0 Å². The molecule has 2 atom stereocenters. The number of aliphatic hydroxyl groups excluding tert-OH is 2. The van der Waals surface area contributed by atoms with Crippen molar-refractivity contribution in [2.24, 2.45) is 5.92 Å². The van der Waals surface area contributed by atoms with Gasteiger partial charge in [-0.3, -0.25) is 9.59 Å². The lowest BCUT2D eigenvalue weighted by atomic mass is 10.1. The summed E-state index contributed by atoms with van der Waals surface area (Å²) in [5.74, 6) is -0.933. The number of rotatable bonds is 10. The molecule has 2 aromatic rings. The van der Waals surface area contributed by atoms with Gasteiger partial charge in [0.15, 0.2) is 5.82 Å². The van der Waals surface area contributed by atoms with Gasteiger partial charge in [0.2, 0.25) is 11.8 Å². The molecule has 14 heteroatoms. The summed E-state index contributed by atoms with van der Waals surface area (Å²) in [5, 5.41) is 22.4. The van der Waals surface area contributed by atoms with Crippen molar-refractivity contribution in [3.05, 3.63) is 35.9 Å². The lowest BCUT2D eigenvalue weighted by molar-refractivity contribution is -0.123. The topological polar surface area (TPSA) is 150 Å². The molecule has 0 bridgehead atoms. The molecule has 11 nitrogen and oxygen atoms in total. The normalized spacial score (nSPS) is 16.5. The number of amides is 2. The van der Waals surface area contributed by atoms with E-state index in [9.17, 15) is 27.9 Å². The molecular formula is C22H27F3N6O5. The summed E-state index contributed by atoms with van der Waals surface area (Å²) in [7, 11) is 0. The first-order valence-electron chi connectivity index (χ1n) is 11.2. The first kappa shape index (κ1) is 27.1. The van der Waals surface area contributed by atoms with E-state index >= 15 is 0 Å². The molecule has 1 saturated heterocycles. The third kappa shape index (κ3) is 8.02.